The quantitative estimate of drug-likeness (QED) is 0.399. The van der Waals surface area contributed by atoms with Gasteiger partial charge in [0.1, 0.15) is 0 Å². The van der Waals surface area contributed by atoms with Crippen molar-refractivity contribution in [2.45, 2.75) is 63.6 Å². The van der Waals surface area contributed by atoms with Gasteiger partial charge < -0.3 is 19.5 Å². The molecule has 40 heavy (non-hydrogen) atoms. The maximum Gasteiger partial charge on any atom is 0.266 e. The fourth-order valence-electron chi connectivity index (χ4n) is 6.05. The van der Waals surface area contributed by atoms with Crippen LogP contribution in [0.2, 0.25) is 0 Å². The summed E-state index contributed by atoms with van der Waals surface area (Å²) in [5.74, 6) is -0.639. The number of likely N-dealkylation sites (tertiary alicyclic amines) is 1. The van der Waals surface area contributed by atoms with Crippen molar-refractivity contribution in [3.8, 4) is 0 Å². The number of aliphatic hydroxyl groups excluding tert-OH is 1. The number of amides is 2. The number of fused-ring (bicyclic) bond motifs is 1. The number of hydrogen-bond donors (Lipinski definition) is 1. The molecule has 0 spiro atoms. The molecule has 1 N–H and O–H groups in total. The van der Waals surface area contributed by atoms with Gasteiger partial charge in [-0.15, -0.1) is 0 Å². The summed E-state index contributed by atoms with van der Waals surface area (Å²) in [5.41, 5.74) is 4.01. The summed E-state index contributed by atoms with van der Waals surface area (Å²) in [4.78, 5) is 30.0. The van der Waals surface area contributed by atoms with E-state index in [0.29, 0.717) is 16.8 Å². The molecule has 3 aromatic rings. The number of anilines is 1. The van der Waals surface area contributed by atoms with Crippen LogP contribution in [-0.2, 0) is 16.1 Å². The molecule has 3 aliphatic heterocycles. The van der Waals surface area contributed by atoms with Crippen LogP contribution in [-0.4, -0.2) is 47.6 Å². The van der Waals surface area contributed by atoms with Gasteiger partial charge in [-0.25, -0.2) is 4.90 Å². The molecule has 7 nitrogen and oxygen atoms in total. The largest absolute Gasteiger partial charge is 0.392 e. The van der Waals surface area contributed by atoms with E-state index in [4.69, 9.17) is 9.47 Å². The van der Waals surface area contributed by atoms with E-state index >= 15 is 0 Å². The van der Waals surface area contributed by atoms with Gasteiger partial charge >= 0.3 is 0 Å². The number of hydrogen-bond acceptors (Lipinski definition) is 6. The monoisotopic (exact) mass is 540 g/mol. The number of aliphatic hydroxyl groups is 1. The van der Waals surface area contributed by atoms with E-state index in [0.717, 1.165) is 42.7 Å². The van der Waals surface area contributed by atoms with Crippen LogP contribution in [0, 0.1) is 0 Å². The molecule has 7 heteroatoms. The van der Waals surface area contributed by atoms with Crippen molar-refractivity contribution in [1.29, 1.82) is 0 Å². The minimum Gasteiger partial charge on any atom is -0.392 e. The Hall–Kier alpha value is -3.36. The van der Waals surface area contributed by atoms with Gasteiger partial charge in [0.15, 0.2) is 6.29 Å². The van der Waals surface area contributed by atoms with Crippen LogP contribution in [0.3, 0.4) is 0 Å². The molecule has 0 saturated carbocycles. The maximum atomic E-state index is 13.1. The molecule has 0 bridgehead atoms. The minimum absolute atomic E-state index is 0.000272. The highest BCUT2D eigenvalue weighted by Gasteiger charge is 2.38. The van der Waals surface area contributed by atoms with Crippen LogP contribution >= 0.6 is 0 Å². The third-order valence-corrected chi connectivity index (χ3v) is 8.22. The van der Waals surface area contributed by atoms with Crippen molar-refractivity contribution in [3.05, 3.63) is 101 Å². The van der Waals surface area contributed by atoms with Crippen molar-refractivity contribution < 1.29 is 24.2 Å². The molecule has 0 unspecified atom stereocenters. The second kappa shape index (κ2) is 12.0. The molecule has 6 rings (SSSR count). The second-order valence-corrected chi connectivity index (χ2v) is 11.0. The predicted octanol–water partition coefficient (Wildman–Crippen LogP) is 5.79. The van der Waals surface area contributed by atoms with Gasteiger partial charge in [-0.1, -0.05) is 67.8 Å². The van der Waals surface area contributed by atoms with Crippen LogP contribution < -0.4 is 4.90 Å². The first-order valence-corrected chi connectivity index (χ1v) is 14.4. The Bertz CT molecular complexity index is 1310. The summed E-state index contributed by atoms with van der Waals surface area (Å²) in [7, 11) is 0. The zero-order chi connectivity index (χ0) is 27.5. The van der Waals surface area contributed by atoms with Gasteiger partial charge in [-0.3, -0.25) is 9.59 Å². The van der Waals surface area contributed by atoms with Crippen molar-refractivity contribution in [3.63, 3.8) is 0 Å². The SMILES string of the molecule is O=C1c2ccccc2C(=O)N1c1cccc([C@@H]2O[C@H](CN3CCCCCCC3)C[C@H](c3ccc(CO)cc3)O2)c1. The average Bonchev–Trinajstić information content (AvgIpc) is 3.24. The molecule has 3 heterocycles. The number of ether oxygens (including phenoxy) is 2. The van der Waals surface area contributed by atoms with E-state index in [9.17, 15) is 14.7 Å². The van der Waals surface area contributed by atoms with Gasteiger partial charge in [0.05, 0.1) is 35.6 Å². The first-order chi connectivity index (χ1) is 19.6. The van der Waals surface area contributed by atoms with Gasteiger partial charge in [0.2, 0.25) is 0 Å². The number of nitrogens with zero attached hydrogens (tertiary/aromatic N) is 2. The summed E-state index contributed by atoms with van der Waals surface area (Å²) in [5, 5.41) is 9.50. The Morgan fingerprint density at radius 3 is 2.10 bits per heavy atom. The Morgan fingerprint density at radius 2 is 1.43 bits per heavy atom. The lowest BCUT2D eigenvalue weighted by atomic mass is 9.99. The van der Waals surface area contributed by atoms with Gasteiger partial charge in [0, 0.05) is 18.5 Å². The van der Waals surface area contributed by atoms with E-state index < -0.39 is 6.29 Å². The number of carbonyl (C=O) groups is 2. The number of rotatable bonds is 6. The van der Waals surface area contributed by atoms with Crippen molar-refractivity contribution >= 4 is 17.5 Å². The first kappa shape index (κ1) is 26.8. The van der Waals surface area contributed by atoms with Gasteiger partial charge in [0.25, 0.3) is 11.8 Å². The molecular weight excluding hydrogens is 504 g/mol. The van der Waals surface area contributed by atoms with Crippen LogP contribution in [0.15, 0.2) is 72.8 Å². The molecule has 3 aromatic carbocycles. The highest BCUT2D eigenvalue weighted by Crippen LogP contribution is 2.39. The lowest BCUT2D eigenvalue weighted by molar-refractivity contribution is -0.253. The third kappa shape index (κ3) is 5.60. The molecular formula is C33H36N2O5. The summed E-state index contributed by atoms with van der Waals surface area (Å²) >= 11 is 0. The number of carbonyl (C=O) groups excluding carboxylic acids is 2. The normalized spacial score (nSPS) is 24.0. The van der Waals surface area contributed by atoms with Gasteiger partial charge in [-0.2, -0.15) is 0 Å². The molecule has 0 aliphatic carbocycles. The maximum absolute atomic E-state index is 13.1. The molecule has 2 amide bonds. The molecule has 2 fully saturated rings. The number of benzene rings is 3. The highest BCUT2D eigenvalue weighted by atomic mass is 16.7. The van der Waals surface area contributed by atoms with E-state index in [1.165, 1.54) is 37.0 Å². The Morgan fingerprint density at radius 1 is 0.750 bits per heavy atom. The molecule has 0 radical (unpaired) electrons. The average molecular weight is 541 g/mol. The molecule has 208 valence electrons. The molecule has 2 saturated heterocycles. The van der Waals surface area contributed by atoms with Crippen molar-refractivity contribution in [1.82, 2.24) is 4.90 Å². The number of imide groups is 1. The molecule has 0 aromatic heterocycles. The second-order valence-electron chi connectivity index (χ2n) is 11.0. The van der Waals surface area contributed by atoms with Crippen LogP contribution in [0.5, 0.6) is 0 Å². The Labute approximate surface area is 235 Å². The van der Waals surface area contributed by atoms with Crippen molar-refractivity contribution in [2.24, 2.45) is 0 Å². The predicted molar refractivity (Wildman–Crippen MR) is 152 cm³/mol. The minimum atomic E-state index is -0.647. The van der Waals surface area contributed by atoms with E-state index in [-0.39, 0.29) is 30.6 Å². The van der Waals surface area contributed by atoms with Gasteiger partial charge in [-0.05, 0) is 61.3 Å². The topological polar surface area (TPSA) is 79.3 Å². The van der Waals surface area contributed by atoms with Crippen molar-refractivity contribution in [2.75, 3.05) is 24.5 Å². The smallest absolute Gasteiger partial charge is 0.266 e. The molecule has 3 aliphatic rings. The van der Waals surface area contributed by atoms with Crippen LogP contribution in [0.4, 0.5) is 5.69 Å². The lowest BCUT2D eigenvalue weighted by Crippen LogP contribution is -2.40. The van der Waals surface area contributed by atoms with E-state index in [1.54, 1.807) is 30.3 Å². The Kier molecular flexibility index (Phi) is 8.07. The van der Waals surface area contributed by atoms with E-state index in [1.807, 2.05) is 42.5 Å². The standard InChI is InChI=1S/C33H36N2O5/c36-22-23-13-15-24(16-14-23)30-20-27(21-34-17-6-2-1-3-7-18-34)39-33(40-30)25-9-8-10-26(19-25)35-31(37)28-11-4-5-12-29(28)32(35)38/h4-5,8-16,19,27,30,33,36H,1-3,6-7,17-18,20-22H2/t27-,30+,33+/m0/s1. The zero-order valence-electron chi connectivity index (χ0n) is 22.7. The van der Waals surface area contributed by atoms with Crippen LogP contribution in [0.1, 0.15) is 88.3 Å². The summed E-state index contributed by atoms with van der Waals surface area (Å²) < 4.78 is 13.1. The fraction of sp³-hybridized carbons (Fsp3) is 0.394. The third-order valence-electron chi connectivity index (χ3n) is 8.22. The van der Waals surface area contributed by atoms with E-state index in [2.05, 4.69) is 4.90 Å². The first-order valence-electron chi connectivity index (χ1n) is 14.4. The summed E-state index contributed by atoms with van der Waals surface area (Å²) in [6, 6.07) is 22.2. The lowest BCUT2D eigenvalue weighted by Gasteiger charge is -2.39. The fourth-order valence-corrected chi connectivity index (χ4v) is 6.05. The highest BCUT2D eigenvalue weighted by molar-refractivity contribution is 6.34. The summed E-state index contributed by atoms with van der Waals surface area (Å²) in [6.45, 7) is 3.00. The zero-order valence-corrected chi connectivity index (χ0v) is 22.7. The Balaban J connectivity index is 1.26. The summed E-state index contributed by atoms with van der Waals surface area (Å²) in [6.07, 6.45) is 6.14. The molecule has 3 atom stereocenters. The van der Waals surface area contributed by atoms with Crippen LogP contribution in [0.25, 0.3) is 0 Å².